The minimum absolute atomic E-state index is 0.224. The van der Waals surface area contributed by atoms with Crippen LogP contribution in [-0.4, -0.2) is 43.8 Å². The van der Waals surface area contributed by atoms with Gasteiger partial charge in [0.05, 0.1) is 18.2 Å². The molecule has 1 heterocycles. The molecule has 0 aliphatic rings. The Morgan fingerprint density at radius 2 is 2.05 bits per heavy atom. The number of rotatable bonds is 7. The smallest absolute Gasteiger partial charge is 0.125 e. The normalized spacial score (nSPS) is 13.1. The fraction of sp³-hybridized carbons (Fsp3) is 0.500. The maximum atomic E-state index is 5.96. The van der Waals surface area contributed by atoms with Crippen molar-refractivity contribution >= 4 is 10.9 Å². The van der Waals surface area contributed by atoms with Crippen LogP contribution in [0.25, 0.3) is 10.9 Å². The molecule has 1 aromatic carbocycles. The van der Waals surface area contributed by atoms with Gasteiger partial charge in [-0.3, -0.25) is 0 Å². The Labute approximate surface area is 120 Å². The van der Waals surface area contributed by atoms with Crippen LogP contribution in [-0.2, 0) is 11.3 Å². The molecule has 0 aliphatic carbocycles. The zero-order valence-corrected chi connectivity index (χ0v) is 12.8. The fourth-order valence-electron chi connectivity index (χ4n) is 2.23. The molecule has 0 amide bonds. The maximum Gasteiger partial charge on any atom is 0.125 e. The lowest BCUT2D eigenvalue weighted by molar-refractivity contribution is 0.0953. The van der Waals surface area contributed by atoms with Crippen LogP contribution in [0.2, 0.25) is 0 Å². The van der Waals surface area contributed by atoms with Gasteiger partial charge >= 0.3 is 0 Å². The summed E-state index contributed by atoms with van der Waals surface area (Å²) in [4.78, 5) is 5.47. The second kappa shape index (κ2) is 6.77. The summed E-state index contributed by atoms with van der Waals surface area (Å²) in [5.41, 5.74) is 2.37. The molecule has 2 aromatic rings. The molecular weight excluding hydrogens is 252 g/mol. The predicted molar refractivity (Wildman–Crippen MR) is 82.3 cm³/mol. The van der Waals surface area contributed by atoms with E-state index in [0.29, 0.717) is 6.61 Å². The van der Waals surface area contributed by atoms with E-state index in [9.17, 15) is 0 Å². The summed E-state index contributed by atoms with van der Waals surface area (Å²) in [5, 5.41) is 1.22. The molecule has 110 valence electrons. The Hall–Kier alpha value is -1.52. The van der Waals surface area contributed by atoms with Gasteiger partial charge in [-0.25, -0.2) is 0 Å². The Morgan fingerprint density at radius 3 is 2.75 bits per heavy atom. The van der Waals surface area contributed by atoms with Crippen molar-refractivity contribution in [1.82, 2.24) is 9.88 Å². The number of fused-ring (bicyclic) bond motifs is 1. The van der Waals surface area contributed by atoms with Gasteiger partial charge < -0.3 is 19.4 Å². The zero-order valence-electron chi connectivity index (χ0n) is 12.8. The molecule has 2 rings (SSSR count). The van der Waals surface area contributed by atoms with Crippen molar-refractivity contribution in [2.75, 3.05) is 27.8 Å². The number of hydrogen-bond acceptors (Lipinski definition) is 3. The zero-order chi connectivity index (χ0) is 14.5. The molecular formula is C16H24N2O2. The Balaban J connectivity index is 2.18. The van der Waals surface area contributed by atoms with Crippen molar-refractivity contribution in [3.05, 3.63) is 30.0 Å². The van der Waals surface area contributed by atoms with Crippen LogP contribution in [0.4, 0.5) is 0 Å². The average molecular weight is 276 g/mol. The van der Waals surface area contributed by atoms with Crippen LogP contribution in [0.15, 0.2) is 24.4 Å². The minimum Gasteiger partial charge on any atom is -0.493 e. The lowest BCUT2D eigenvalue weighted by atomic mass is 10.1. The van der Waals surface area contributed by atoms with Crippen LogP contribution in [0.3, 0.4) is 0 Å². The number of nitrogens with zero attached hydrogens (tertiary/aromatic N) is 1. The van der Waals surface area contributed by atoms with E-state index in [1.807, 2.05) is 6.20 Å². The van der Waals surface area contributed by atoms with Crippen molar-refractivity contribution in [3.8, 4) is 5.75 Å². The second-order valence-corrected chi connectivity index (χ2v) is 5.41. The Morgan fingerprint density at radius 1 is 1.25 bits per heavy atom. The molecule has 1 atom stereocenters. The molecule has 1 N–H and O–H groups in total. The van der Waals surface area contributed by atoms with Crippen LogP contribution >= 0.6 is 0 Å². The molecule has 0 bridgehead atoms. The molecule has 0 saturated carbocycles. The number of aromatic amines is 1. The highest BCUT2D eigenvalue weighted by molar-refractivity contribution is 5.84. The lowest BCUT2D eigenvalue weighted by Crippen LogP contribution is -2.14. The number of ether oxygens (including phenoxy) is 2. The van der Waals surface area contributed by atoms with E-state index in [-0.39, 0.29) is 6.10 Å². The van der Waals surface area contributed by atoms with Crippen molar-refractivity contribution in [2.24, 2.45) is 0 Å². The van der Waals surface area contributed by atoms with Crippen LogP contribution in [0.1, 0.15) is 18.9 Å². The topological polar surface area (TPSA) is 37.5 Å². The highest BCUT2D eigenvalue weighted by atomic mass is 16.5. The summed E-state index contributed by atoms with van der Waals surface area (Å²) in [6.45, 7) is 3.58. The van der Waals surface area contributed by atoms with Gasteiger partial charge in [0, 0.05) is 31.8 Å². The second-order valence-electron chi connectivity index (χ2n) is 5.41. The van der Waals surface area contributed by atoms with E-state index in [0.717, 1.165) is 24.2 Å². The van der Waals surface area contributed by atoms with E-state index in [4.69, 9.17) is 9.47 Å². The summed E-state index contributed by atoms with van der Waals surface area (Å²) < 4.78 is 11.2. The first-order chi connectivity index (χ1) is 9.61. The lowest BCUT2D eigenvalue weighted by Gasteiger charge is -2.17. The molecule has 0 aliphatic heterocycles. The van der Waals surface area contributed by atoms with Gasteiger partial charge in [0.1, 0.15) is 5.75 Å². The Kier molecular flexibility index (Phi) is 5.04. The van der Waals surface area contributed by atoms with Crippen LogP contribution in [0.5, 0.6) is 5.75 Å². The number of aromatic nitrogens is 1. The highest BCUT2D eigenvalue weighted by Gasteiger charge is 2.11. The average Bonchev–Trinajstić information content (AvgIpc) is 2.88. The summed E-state index contributed by atoms with van der Waals surface area (Å²) in [5.74, 6) is 0.956. The number of methoxy groups -OCH3 is 1. The first-order valence-corrected chi connectivity index (χ1v) is 7.01. The number of hydrogen-bond donors (Lipinski definition) is 1. The van der Waals surface area contributed by atoms with E-state index in [2.05, 4.69) is 49.1 Å². The molecule has 0 fully saturated rings. The first-order valence-electron chi connectivity index (χ1n) is 7.01. The van der Waals surface area contributed by atoms with Gasteiger partial charge in [-0.2, -0.15) is 0 Å². The largest absolute Gasteiger partial charge is 0.493 e. The van der Waals surface area contributed by atoms with Gasteiger partial charge in [-0.15, -0.1) is 0 Å². The van der Waals surface area contributed by atoms with E-state index < -0.39 is 0 Å². The van der Waals surface area contributed by atoms with E-state index in [1.165, 1.54) is 10.9 Å². The third-order valence-electron chi connectivity index (χ3n) is 3.45. The number of benzene rings is 1. The van der Waals surface area contributed by atoms with Gasteiger partial charge in [-0.1, -0.05) is 0 Å². The monoisotopic (exact) mass is 276 g/mol. The quantitative estimate of drug-likeness (QED) is 0.844. The SMILES string of the molecule is COC(C)CCOc1ccc2cc[nH]c2c1CN(C)C. The molecule has 4 heteroatoms. The van der Waals surface area contributed by atoms with Gasteiger partial charge in [-0.05, 0) is 44.6 Å². The molecule has 0 saturated heterocycles. The Bertz CT molecular complexity index is 548. The first kappa shape index (κ1) is 14.9. The summed E-state index contributed by atoms with van der Waals surface area (Å²) in [6.07, 6.45) is 3.09. The predicted octanol–water partition coefficient (Wildman–Crippen LogP) is 3.03. The van der Waals surface area contributed by atoms with Gasteiger partial charge in [0.2, 0.25) is 0 Å². The van der Waals surface area contributed by atoms with Crippen molar-refractivity contribution in [1.29, 1.82) is 0 Å². The molecule has 0 spiro atoms. The molecule has 0 radical (unpaired) electrons. The van der Waals surface area contributed by atoms with Crippen molar-refractivity contribution < 1.29 is 9.47 Å². The molecule has 1 unspecified atom stereocenters. The summed E-state index contributed by atoms with van der Waals surface area (Å²) in [7, 11) is 5.87. The van der Waals surface area contributed by atoms with E-state index >= 15 is 0 Å². The fourth-order valence-corrected chi connectivity index (χ4v) is 2.23. The molecule has 1 aromatic heterocycles. The van der Waals surface area contributed by atoms with Crippen LogP contribution < -0.4 is 4.74 Å². The van der Waals surface area contributed by atoms with Crippen molar-refractivity contribution in [2.45, 2.75) is 26.0 Å². The standard InChI is InChI=1S/C16H24N2O2/c1-12(19-4)8-10-20-15-6-5-13-7-9-17-16(13)14(15)11-18(2)3/h5-7,9,12,17H,8,10-11H2,1-4H3. The summed E-state index contributed by atoms with van der Waals surface area (Å²) >= 11 is 0. The third kappa shape index (κ3) is 3.52. The third-order valence-corrected chi connectivity index (χ3v) is 3.45. The van der Waals surface area contributed by atoms with Crippen molar-refractivity contribution in [3.63, 3.8) is 0 Å². The maximum absolute atomic E-state index is 5.96. The van der Waals surface area contributed by atoms with E-state index in [1.54, 1.807) is 7.11 Å². The molecule has 4 nitrogen and oxygen atoms in total. The number of H-pyrrole nitrogens is 1. The van der Waals surface area contributed by atoms with Gasteiger partial charge in [0.25, 0.3) is 0 Å². The number of nitrogens with one attached hydrogen (secondary N) is 1. The summed E-state index contributed by atoms with van der Waals surface area (Å²) in [6, 6.07) is 6.25. The van der Waals surface area contributed by atoms with Crippen LogP contribution in [0, 0.1) is 0 Å². The minimum atomic E-state index is 0.224. The highest BCUT2D eigenvalue weighted by Crippen LogP contribution is 2.28. The molecule has 20 heavy (non-hydrogen) atoms. The van der Waals surface area contributed by atoms with Gasteiger partial charge in [0.15, 0.2) is 0 Å².